The summed E-state index contributed by atoms with van der Waals surface area (Å²) in [6.45, 7) is 4.37. The Kier molecular flexibility index (Phi) is 4.06. The second kappa shape index (κ2) is 5.75. The van der Waals surface area contributed by atoms with E-state index in [-0.39, 0.29) is 5.69 Å². The summed E-state index contributed by atoms with van der Waals surface area (Å²) in [5, 5.41) is 14.8. The van der Waals surface area contributed by atoms with Gasteiger partial charge >= 0.3 is 0 Å². The molecule has 19 heavy (non-hydrogen) atoms. The van der Waals surface area contributed by atoms with Crippen molar-refractivity contribution >= 4 is 22.8 Å². The van der Waals surface area contributed by atoms with E-state index < -0.39 is 4.92 Å². The van der Waals surface area contributed by atoms with Crippen LogP contribution in [0.15, 0.2) is 18.5 Å². The molecule has 0 aliphatic carbocycles. The summed E-state index contributed by atoms with van der Waals surface area (Å²) >= 11 is 1.65. The maximum absolute atomic E-state index is 10.7. The molecule has 0 atom stereocenters. The lowest BCUT2D eigenvalue weighted by molar-refractivity contribution is -0.385. The highest BCUT2D eigenvalue weighted by atomic mass is 32.1. The molecular weight excluding hydrogens is 264 g/mol. The van der Waals surface area contributed by atoms with Crippen molar-refractivity contribution in [1.82, 2.24) is 9.97 Å². The average Bonchev–Trinajstić information content (AvgIpc) is 2.84. The van der Waals surface area contributed by atoms with Crippen molar-refractivity contribution in [2.75, 3.05) is 5.32 Å². The summed E-state index contributed by atoms with van der Waals surface area (Å²) in [5.74, 6) is 0.622. The fourth-order valence-electron chi connectivity index (χ4n) is 1.60. The van der Waals surface area contributed by atoms with Gasteiger partial charge in [-0.1, -0.05) is 6.92 Å². The van der Waals surface area contributed by atoms with Gasteiger partial charge in [-0.15, -0.1) is 11.3 Å². The van der Waals surface area contributed by atoms with Crippen LogP contribution in [0, 0.1) is 17.0 Å². The van der Waals surface area contributed by atoms with E-state index in [2.05, 4.69) is 22.2 Å². The number of anilines is 1. The van der Waals surface area contributed by atoms with Crippen molar-refractivity contribution in [3.8, 4) is 0 Å². The van der Waals surface area contributed by atoms with E-state index in [1.807, 2.05) is 6.20 Å². The first-order valence-electron chi connectivity index (χ1n) is 5.88. The molecule has 6 nitrogen and oxygen atoms in total. The normalized spacial score (nSPS) is 10.4. The minimum Gasteiger partial charge on any atom is -0.364 e. The van der Waals surface area contributed by atoms with Gasteiger partial charge in [0.1, 0.15) is 17.0 Å². The third-order valence-corrected chi connectivity index (χ3v) is 3.79. The lowest BCUT2D eigenvalue weighted by Crippen LogP contribution is -2.02. The Morgan fingerprint density at radius 3 is 2.79 bits per heavy atom. The predicted molar refractivity (Wildman–Crippen MR) is 74.4 cm³/mol. The Morgan fingerprint density at radius 1 is 1.42 bits per heavy atom. The third-order valence-electron chi connectivity index (χ3n) is 2.65. The first-order chi connectivity index (χ1) is 9.10. The monoisotopic (exact) mass is 278 g/mol. The minimum absolute atomic E-state index is 0.0352. The zero-order valence-electron chi connectivity index (χ0n) is 10.7. The van der Waals surface area contributed by atoms with Gasteiger partial charge in [0.15, 0.2) is 0 Å². The molecule has 0 aliphatic heterocycles. The number of hydrogen-bond donors (Lipinski definition) is 1. The molecule has 0 unspecified atom stereocenters. The Morgan fingerprint density at radius 2 is 2.21 bits per heavy atom. The lowest BCUT2D eigenvalue weighted by atomic mass is 10.2. The number of nitro groups is 1. The highest BCUT2D eigenvalue weighted by molar-refractivity contribution is 7.11. The SMILES string of the molecule is CCc1cnc(CNc2cc(C)c([N+](=O)[O-])cn2)s1. The minimum atomic E-state index is -0.430. The van der Waals surface area contributed by atoms with Gasteiger partial charge in [0.2, 0.25) is 0 Å². The zero-order valence-corrected chi connectivity index (χ0v) is 11.5. The molecule has 2 aromatic heterocycles. The molecule has 0 amide bonds. The highest BCUT2D eigenvalue weighted by Gasteiger charge is 2.11. The largest absolute Gasteiger partial charge is 0.364 e. The Hall–Kier alpha value is -2.02. The predicted octanol–water partition coefficient (Wildman–Crippen LogP) is 2.93. The molecule has 0 bridgehead atoms. The molecule has 0 aromatic carbocycles. The van der Waals surface area contributed by atoms with E-state index >= 15 is 0 Å². The van der Waals surface area contributed by atoms with Crippen molar-refractivity contribution in [1.29, 1.82) is 0 Å². The summed E-state index contributed by atoms with van der Waals surface area (Å²) in [5.41, 5.74) is 0.629. The molecule has 0 spiro atoms. The van der Waals surface area contributed by atoms with Crippen molar-refractivity contribution < 1.29 is 4.92 Å². The number of thiazole rings is 1. The van der Waals surface area contributed by atoms with Crippen molar-refractivity contribution in [2.24, 2.45) is 0 Å². The molecule has 2 aromatic rings. The smallest absolute Gasteiger partial charge is 0.290 e. The van der Waals surface area contributed by atoms with Crippen LogP contribution in [-0.4, -0.2) is 14.9 Å². The standard InChI is InChI=1S/C12H14N4O2S/c1-3-9-5-15-12(19-9)7-14-11-4-8(2)10(6-13-11)16(17)18/h4-6H,3,7H2,1-2H3,(H,13,14). The first kappa shape index (κ1) is 13.4. The highest BCUT2D eigenvalue weighted by Crippen LogP contribution is 2.20. The van der Waals surface area contributed by atoms with Crippen LogP contribution in [0.4, 0.5) is 11.5 Å². The summed E-state index contributed by atoms with van der Waals surface area (Å²) < 4.78 is 0. The van der Waals surface area contributed by atoms with Crippen molar-refractivity contribution in [2.45, 2.75) is 26.8 Å². The van der Waals surface area contributed by atoms with Gasteiger partial charge < -0.3 is 5.32 Å². The summed E-state index contributed by atoms with van der Waals surface area (Å²) in [7, 11) is 0. The van der Waals surface area contributed by atoms with Gasteiger partial charge in [-0.3, -0.25) is 10.1 Å². The quantitative estimate of drug-likeness (QED) is 0.671. The fraction of sp³-hybridized carbons (Fsp3) is 0.333. The molecule has 0 fully saturated rings. The van der Waals surface area contributed by atoms with Crippen molar-refractivity contribution in [3.63, 3.8) is 0 Å². The zero-order chi connectivity index (χ0) is 13.8. The number of nitrogens with one attached hydrogen (secondary N) is 1. The van der Waals surface area contributed by atoms with E-state index in [1.54, 1.807) is 24.3 Å². The van der Waals surface area contributed by atoms with E-state index in [9.17, 15) is 10.1 Å². The van der Waals surface area contributed by atoms with Gasteiger partial charge in [0.25, 0.3) is 5.69 Å². The van der Waals surface area contributed by atoms with Crippen LogP contribution >= 0.6 is 11.3 Å². The van der Waals surface area contributed by atoms with E-state index in [0.717, 1.165) is 11.4 Å². The molecule has 0 aliphatic rings. The van der Waals surface area contributed by atoms with Gasteiger partial charge in [0, 0.05) is 16.6 Å². The van der Waals surface area contributed by atoms with Crippen LogP contribution in [0.25, 0.3) is 0 Å². The molecular formula is C12H14N4O2S. The maximum Gasteiger partial charge on any atom is 0.290 e. The summed E-state index contributed by atoms with van der Waals surface area (Å²) in [6, 6.07) is 1.67. The first-order valence-corrected chi connectivity index (χ1v) is 6.70. The van der Waals surface area contributed by atoms with Gasteiger partial charge in [-0.05, 0) is 19.4 Å². The van der Waals surface area contributed by atoms with Gasteiger partial charge in [-0.25, -0.2) is 9.97 Å². The van der Waals surface area contributed by atoms with Crippen LogP contribution in [-0.2, 0) is 13.0 Å². The second-order valence-electron chi connectivity index (χ2n) is 4.04. The van der Waals surface area contributed by atoms with E-state index in [1.165, 1.54) is 11.1 Å². The number of rotatable bonds is 5. The molecule has 2 heterocycles. The molecule has 1 N–H and O–H groups in total. The van der Waals surface area contributed by atoms with E-state index in [0.29, 0.717) is 17.9 Å². The number of pyridine rings is 1. The summed E-state index contributed by atoms with van der Waals surface area (Å²) in [4.78, 5) is 19.8. The number of aromatic nitrogens is 2. The van der Waals surface area contributed by atoms with Gasteiger partial charge in [0.05, 0.1) is 11.5 Å². The Balaban J connectivity index is 2.03. The van der Waals surface area contributed by atoms with Crippen LogP contribution < -0.4 is 5.32 Å². The van der Waals surface area contributed by atoms with Gasteiger partial charge in [-0.2, -0.15) is 0 Å². The van der Waals surface area contributed by atoms with Crippen molar-refractivity contribution in [3.05, 3.63) is 44.0 Å². The van der Waals surface area contributed by atoms with Crippen LogP contribution in [0.3, 0.4) is 0 Å². The topological polar surface area (TPSA) is 81.0 Å². The molecule has 0 saturated heterocycles. The average molecular weight is 278 g/mol. The van der Waals surface area contributed by atoms with Crippen LogP contribution in [0.1, 0.15) is 22.4 Å². The molecule has 0 radical (unpaired) electrons. The maximum atomic E-state index is 10.7. The second-order valence-corrected chi connectivity index (χ2v) is 5.24. The molecule has 0 saturated carbocycles. The Bertz CT molecular complexity index is 597. The molecule has 7 heteroatoms. The van der Waals surface area contributed by atoms with E-state index in [4.69, 9.17) is 0 Å². The lowest BCUT2D eigenvalue weighted by Gasteiger charge is -2.04. The Labute approximate surface area is 114 Å². The molecule has 2 rings (SSSR count). The third kappa shape index (κ3) is 3.25. The fourth-order valence-corrected chi connectivity index (χ4v) is 2.40. The molecule has 100 valence electrons. The van der Waals surface area contributed by atoms with Crippen LogP contribution in [0.2, 0.25) is 0 Å². The number of hydrogen-bond acceptors (Lipinski definition) is 6. The number of nitrogens with zero attached hydrogens (tertiary/aromatic N) is 3. The van der Waals surface area contributed by atoms with Crippen LogP contribution in [0.5, 0.6) is 0 Å². The number of aryl methyl sites for hydroxylation is 2. The summed E-state index contributed by atoms with van der Waals surface area (Å²) in [6.07, 6.45) is 4.12.